The van der Waals surface area contributed by atoms with Crippen molar-refractivity contribution in [1.82, 2.24) is 10.6 Å². The number of aliphatic hydroxyl groups is 1. The topological polar surface area (TPSA) is 61.4 Å². The number of hydrogen-bond donors (Lipinski definition) is 3. The van der Waals surface area contributed by atoms with Crippen LogP contribution in [-0.4, -0.2) is 36.8 Å². The van der Waals surface area contributed by atoms with Gasteiger partial charge in [0.1, 0.15) is 0 Å². The Balaban J connectivity index is 1.91. The number of aliphatic hydroxyl groups excluding tert-OH is 1. The highest BCUT2D eigenvalue weighted by Gasteiger charge is 2.21. The van der Waals surface area contributed by atoms with Crippen LogP contribution in [0.4, 0.5) is 0 Å². The lowest BCUT2D eigenvalue weighted by Crippen LogP contribution is -2.38. The van der Waals surface area contributed by atoms with Gasteiger partial charge in [0.2, 0.25) is 5.91 Å². The standard InChI is InChI=1S/C11H22N2O2/c1-2-3-10(14)7-12-8-11(15)13-6-9-4-5-9/h9-10,12,14H,2-8H2,1H3,(H,13,15). The van der Waals surface area contributed by atoms with Gasteiger partial charge in [-0.25, -0.2) is 0 Å². The van der Waals surface area contributed by atoms with Crippen molar-refractivity contribution in [2.45, 2.75) is 38.7 Å². The van der Waals surface area contributed by atoms with Crippen LogP contribution in [0.25, 0.3) is 0 Å². The molecule has 4 nitrogen and oxygen atoms in total. The average Bonchev–Trinajstić information content (AvgIpc) is 2.98. The van der Waals surface area contributed by atoms with Crippen molar-refractivity contribution in [2.75, 3.05) is 19.6 Å². The van der Waals surface area contributed by atoms with E-state index in [1.54, 1.807) is 0 Å². The van der Waals surface area contributed by atoms with E-state index in [4.69, 9.17) is 0 Å². The number of nitrogens with one attached hydrogen (secondary N) is 2. The van der Waals surface area contributed by atoms with Crippen molar-refractivity contribution in [3.8, 4) is 0 Å². The molecule has 0 aliphatic heterocycles. The van der Waals surface area contributed by atoms with Gasteiger partial charge in [-0.1, -0.05) is 13.3 Å². The summed E-state index contributed by atoms with van der Waals surface area (Å²) in [4.78, 5) is 11.3. The minimum atomic E-state index is -0.328. The van der Waals surface area contributed by atoms with Crippen molar-refractivity contribution < 1.29 is 9.90 Å². The molecule has 1 rings (SSSR count). The van der Waals surface area contributed by atoms with Crippen LogP contribution in [0.2, 0.25) is 0 Å². The molecule has 0 spiro atoms. The lowest BCUT2D eigenvalue weighted by Gasteiger charge is -2.10. The summed E-state index contributed by atoms with van der Waals surface area (Å²) in [5.74, 6) is 0.755. The number of amides is 1. The predicted molar refractivity (Wildman–Crippen MR) is 59.5 cm³/mol. The maximum atomic E-state index is 11.3. The molecule has 4 heteroatoms. The zero-order valence-electron chi connectivity index (χ0n) is 9.46. The van der Waals surface area contributed by atoms with Crippen molar-refractivity contribution in [2.24, 2.45) is 5.92 Å². The van der Waals surface area contributed by atoms with E-state index in [-0.39, 0.29) is 12.0 Å². The van der Waals surface area contributed by atoms with Crippen LogP contribution in [0, 0.1) is 5.92 Å². The van der Waals surface area contributed by atoms with Crippen LogP contribution in [0.3, 0.4) is 0 Å². The van der Waals surface area contributed by atoms with Gasteiger partial charge < -0.3 is 15.7 Å². The third kappa shape index (κ3) is 6.47. The van der Waals surface area contributed by atoms with Crippen LogP contribution < -0.4 is 10.6 Å². The summed E-state index contributed by atoms with van der Waals surface area (Å²) < 4.78 is 0. The van der Waals surface area contributed by atoms with Gasteiger partial charge in [0.25, 0.3) is 0 Å². The molecule has 0 bridgehead atoms. The van der Waals surface area contributed by atoms with Gasteiger partial charge in [-0.05, 0) is 25.2 Å². The normalized spacial score (nSPS) is 17.5. The van der Waals surface area contributed by atoms with E-state index in [1.807, 2.05) is 6.92 Å². The van der Waals surface area contributed by atoms with Gasteiger partial charge in [-0.2, -0.15) is 0 Å². The molecule has 0 aromatic rings. The number of rotatable bonds is 8. The van der Waals surface area contributed by atoms with Crippen molar-refractivity contribution in [3.05, 3.63) is 0 Å². The van der Waals surface area contributed by atoms with E-state index in [2.05, 4.69) is 10.6 Å². The van der Waals surface area contributed by atoms with Crippen LogP contribution in [-0.2, 0) is 4.79 Å². The van der Waals surface area contributed by atoms with Gasteiger partial charge in [-0.15, -0.1) is 0 Å². The highest BCUT2D eigenvalue weighted by atomic mass is 16.3. The third-order valence-electron chi connectivity index (χ3n) is 2.57. The SMILES string of the molecule is CCCC(O)CNCC(=O)NCC1CC1. The molecule has 0 radical (unpaired) electrons. The fraction of sp³-hybridized carbons (Fsp3) is 0.909. The summed E-state index contributed by atoms with van der Waals surface area (Å²) in [5, 5.41) is 15.2. The molecule has 1 fully saturated rings. The average molecular weight is 214 g/mol. The second kappa shape index (κ2) is 6.80. The molecular formula is C11H22N2O2. The highest BCUT2D eigenvalue weighted by molar-refractivity contribution is 5.77. The van der Waals surface area contributed by atoms with Crippen LogP contribution in [0.5, 0.6) is 0 Å². The Morgan fingerprint density at radius 1 is 1.53 bits per heavy atom. The van der Waals surface area contributed by atoms with Gasteiger partial charge in [0, 0.05) is 13.1 Å². The minimum Gasteiger partial charge on any atom is -0.392 e. The maximum Gasteiger partial charge on any atom is 0.233 e. The second-order valence-corrected chi connectivity index (χ2v) is 4.32. The van der Waals surface area contributed by atoms with Crippen LogP contribution in [0.15, 0.2) is 0 Å². The Labute approximate surface area is 91.4 Å². The van der Waals surface area contributed by atoms with E-state index in [0.717, 1.165) is 25.3 Å². The van der Waals surface area contributed by atoms with E-state index >= 15 is 0 Å². The second-order valence-electron chi connectivity index (χ2n) is 4.32. The molecule has 0 aromatic carbocycles. The largest absolute Gasteiger partial charge is 0.392 e. The Kier molecular flexibility index (Phi) is 5.65. The molecule has 1 aliphatic rings. The van der Waals surface area contributed by atoms with Gasteiger partial charge in [0.05, 0.1) is 12.6 Å². The lowest BCUT2D eigenvalue weighted by molar-refractivity contribution is -0.120. The molecule has 3 N–H and O–H groups in total. The predicted octanol–water partition coefficient (Wildman–Crippen LogP) is 0.263. The van der Waals surface area contributed by atoms with Crippen molar-refractivity contribution in [3.63, 3.8) is 0 Å². The highest BCUT2D eigenvalue weighted by Crippen LogP contribution is 2.27. The first-order valence-electron chi connectivity index (χ1n) is 5.87. The Morgan fingerprint density at radius 3 is 2.87 bits per heavy atom. The van der Waals surface area contributed by atoms with Gasteiger partial charge >= 0.3 is 0 Å². The molecule has 0 aromatic heterocycles. The van der Waals surface area contributed by atoms with E-state index in [1.165, 1.54) is 12.8 Å². The smallest absolute Gasteiger partial charge is 0.233 e. The summed E-state index contributed by atoms with van der Waals surface area (Å²) >= 11 is 0. The molecule has 1 atom stereocenters. The fourth-order valence-corrected chi connectivity index (χ4v) is 1.43. The molecular weight excluding hydrogens is 192 g/mol. The van der Waals surface area contributed by atoms with Crippen LogP contribution >= 0.6 is 0 Å². The third-order valence-corrected chi connectivity index (χ3v) is 2.57. The monoisotopic (exact) mass is 214 g/mol. The maximum absolute atomic E-state index is 11.3. The summed E-state index contributed by atoms with van der Waals surface area (Å²) in [6, 6.07) is 0. The summed E-state index contributed by atoms with van der Waals surface area (Å²) in [6.45, 7) is 3.67. The van der Waals surface area contributed by atoms with E-state index in [0.29, 0.717) is 13.1 Å². The Morgan fingerprint density at radius 2 is 2.27 bits per heavy atom. The molecule has 1 unspecified atom stereocenters. The summed E-state index contributed by atoms with van der Waals surface area (Å²) in [7, 11) is 0. The van der Waals surface area contributed by atoms with Gasteiger partial charge in [-0.3, -0.25) is 4.79 Å². The molecule has 15 heavy (non-hydrogen) atoms. The quantitative estimate of drug-likeness (QED) is 0.543. The van der Waals surface area contributed by atoms with Gasteiger partial charge in [0.15, 0.2) is 0 Å². The first-order chi connectivity index (χ1) is 7.22. The molecule has 1 saturated carbocycles. The number of hydrogen-bond acceptors (Lipinski definition) is 3. The van der Waals surface area contributed by atoms with E-state index in [9.17, 15) is 9.90 Å². The molecule has 88 valence electrons. The molecule has 0 saturated heterocycles. The Hall–Kier alpha value is -0.610. The van der Waals surface area contributed by atoms with Crippen molar-refractivity contribution in [1.29, 1.82) is 0 Å². The zero-order chi connectivity index (χ0) is 11.1. The molecule has 1 amide bonds. The first kappa shape index (κ1) is 12.5. The Bertz CT molecular complexity index is 193. The summed E-state index contributed by atoms with van der Waals surface area (Å²) in [6.07, 6.45) is 3.94. The summed E-state index contributed by atoms with van der Waals surface area (Å²) in [5.41, 5.74) is 0. The number of carbonyl (C=O) groups is 1. The number of carbonyl (C=O) groups excluding carboxylic acids is 1. The van der Waals surface area contributed by atoms with E-state index < -0.39 is 0 Å². The fourth-order valence-electron chi connectivity index (χ4n) is 1.43. The first-order valence-corrected chi connectivity index (χ1v) is 5.87. The minimum absolute atomic E-state index is 0.0330. The van der Waals surface area contributed by atoms with Crippen LogP contribution in [0.1, 0.15) is 32.6 Å². The lowest BCUT2D eigenvalue weighted by atomic mass is 10.2. The molecule has 0 heterocycles. The zero-order valence-corrected chi connectivity index (χ0v) is 9.46. The van der Waals surface area contributed by atoms with Crippen molar-refractivity contribution >= 4 is 5.91 Å². The molecule has 1 aliphatic carbocycles.